The van der Waals surface area contributed by atoms with Gasteiger partial charge in [0.1, 0.15) is 11.4 Å². The topological polar surface area (TPSA) is 96.3 Å². The molecule has 0 bridgehead atoms. The third-order valence-corrected chi connectivity index (χ3v) is 5.33. The standard InChI is InChI=1S/C15H22N2O5S/c1-7(2)22-9(18)6-8(3)16-10-12(19)17-11(14(20)21)15(4,5)23-13(10)17/h7,10-11,13H,6H2,1-5H3,(H,20,21)/t10-,11+,13-/m1/s1. The van der Waals surface area contributed by atoms with Crippen LogP contribution in [0.4, 0.5) is 0 Å². The van der Waals surface area contributed by atoms with E-state index in [1.165, 1.54) is 16.7 Å². The summed E-state index contributed by atoms with van der Waals surface area (Å²) in [6, 6.07) is -1.46. The van der Waals surface area contributed by atoms with Gasteiger partial charge in [0, 0.05) is 10.5 Å². The van der Waals surface area contributed by atoms with Gasteiger partial charge in [-0.05, 0) is 34.6 Å². The van der Waals surface area contributed by atoms with Gasteiger partial charge in [-0.15, -0.1) is 11.8 Å². The van der Waals surface area contributed by atoms with Crippen LogP contribution >= 0.6 is 11.8 Å². The van der Waals surface area contributed by atoms with Gasteiger partial charge in [-0.1, -0.05) is 0 Å². The number of carbonyl (C=O) groups excluding carboxylic acids is 2. The number of rotatable bonds is 5. The van der Waals surface area contributed by atoms with Gasteiger partial charge >= 0.3 is 11.9 Å². The summed E-state index contributed by atoms with van der Waals surface area (Å²) >= 11 is 1.44. The van der Waals surface area contributed by atoms with E-state index in [0.29, 0.717) is 5.71 Å². The van der Waals surface area contributed by atoms with Gasteiger partial charge in [-0.25, -0.2) is 4.79 Å². The number of aliphatic carboxylic acids is 1. The first-order chi connectivity index (χ1) is 10.5. The molecule has 2 fully saturated rings. The van der Waals surface area contributed by atoms with Crippen LogP contribution in [0.5, 0.6) is 0 Å². The van der Waals surface area contributed by atoms with Gasteiger partial charge < -0.3 is 14.7 Å². The van der Waals surface area contributed by atoms with Crippen molar-refractivity contribution in [2.24, 2.45) is 4.99 Å². The summed E-state index contributed by atoms with van der Waals surface area (Å²) < 4.78 is 4.48. The van der Waals surface area contributed by atoms with Crippen molar-refractivity contribution in [3.05, 3.63) is 0 Å². The van der Waals surface area contributed by atoms with E-state index in [9.17, 15) is 19.5 Å². The molecule has 2 aliphatic rings. The quantitative estimate of drug-likeness (QED) is 0.460. The van der Waals surface area contributed by atoms with Crippen molar-refractivity contribution in [2.75, 3.05) is 0 Å². The smallest absolute Gasteiger partial charge is 0.327 e. The minimum atomic E-state index is -1.00. The van der Waals surface area contributed by atoms with Crippen LogP contribution in [0.15, 0.2) is 4.99 Å². The molecule has 1 N–H and O–H groups in total. The lowest BCUT2D eigenvalue weighted by molar-refractivity contribution is -0.158. The fourth-order valence-corrected chi connectivity index (χ4v) is 4.52. The van der Waals surface area contributed by atoms with Crippen molar-refractivity contribution < 1.29 is 24.2 Å². The highest BCUT2D eigenvalue weighted by Gasteiger charge is 2.63. The molecular weight excluding hydrogens is 320 g/mol. The van der Waals surface area contributed by atoms with Crippen LogP contribution in [-0.2, 0) is 19.1 Å². The highest BCUT2D eigenvalue weighted by atomic mass is 32.2. The molecule has 3 atom stereocenters. The van der Waals surface area contributed by atoms with Crippen LogP contribution < -0.4 is 0 Å². The molecule has 7 nitrogen and oxygen atoms in total. The molecule has 0 spiro atoms. The van der Waals surface area contributed by atoms with Crippen LogP contribution in [0.25, 0.3) is 0 Å². The second kappa shape index (κ2) is 6.14. The average Bonchev–Trinajstić information content (AvgIpc) is 2.63. The minimum Gasteiger partial charge on any atom is -0.480 e. The number of esters is 1. The number of carbonyl (C=O) groups is 3. The van der Waals surface area contributed by atoms with Crippen LogP contribution in [0, 0.1) is 0 Å². The number of β-lactam (4-membered cyclic amide) rings is 1. The molecule has 128 valence electrons. The second-order valence-electron chi connectivity index (χ2n) is 6.62. The Hall–Kier alpha value is -1.57. The van der Waals surface area contributed by atoms with Crippen LogP contribution in [0.2, 0.25) is 0 Å². The molecule has 0 unspecified atom stereocenters. The molecule has 1 amide bonds. The number of hydrogen-bond acceptors (Lipinski definition) is 6. The number of carboxylic acids is 1. The Morgan fingerprint density at radius 1 is 1.43 bits per heavy atom. The molecular formula is C15H22N2O5S. The van der Waals surface area contributed by atoms with E-state index >= 15 is 0 Å². The normalized spacial score (nSPS) is 29.3. The lowest BCUT2D eigenvalue weighted by Crippen LogP contribution is -2.65. The lowest BCUT2D eigenvalue weighted by Gasteiger charge is -2.41. The minimum absolute atomic E-state index is 0.0328. The molecule has 0 aliphatic carbocycles. The van der Waals surface area contributed by atoms with E-state index in [2.05, 4.69) is 4.99 Å². The van der Waals surface area contributed by atoms with Crippen molar-refractivity contribution in [1.82, 2.24) is 4.90 Å². The lowest BCUT2D eigenvalue weighted by atomic mass is 9.96. The number of fused-ring (bicyclic) bond motifs is 1. The molecule has 2 aliphatic heterocycles. The first-order valence-electron chi connectivity index (χ1n) is 7.50. The number of ether oxygens (including phenoxy) is 1. The molecule has 2 heterocycles. The Bertz CT molecular complexity index is 572. The molecule has 0 saturated carbocycles. The summed E-state index contributed by atoms with van der Waals surface area (Å²) in [6.45, 7) is 8.84. The van der Waals surface area contributed by atoms with Crippen LogP contribution in [0.1, 0.15) is 41.0 Å². The van der Waals surface area contributed by atoms with Gasteiger partial charge in [0.25, 0.3) is 5.91 Å². The zero-order valence-corrected chi connectivity index (χ0v) is 14.7. The number of aliphatic imine (C=N–C) groups is 1. The molecule has 0 radical (unpaired) electrons. The fraction of sp³-hybridized carbons (Fsp3) is 0.733. The highest BCUT2D eigenvalue weighted by Crippen LogP contribution is 2.51. The van der Waals surface area contributed by atoms with Gasteiger partial charge in [0.15, 0.2) is 6.04 Å². The van der Waals surface area contributed by atoms with E-state index in [1.807, 2.05) is 13.8 Å². The molecule has 2 rings (SSSR count). The maximum Gasteiger partial charge on any atom is 0.327 e. The maximum absolute atomic E-state index is 12.3. The van der Waals surface area contributed by atoms with Gasteiger partial charge in [0.05, 0.1) is 12.5 Å². The third-order valence-electron chi connectivity index (χ3n) is 3.77. The SMILES string of the molecule is CC(CC(=O)OC(C)C)=N[C@@H]1C(=O)N2[C@@H]1SC(C)(C)[C@@H]2C(=O)O. The van der Waals surface area contributed by atoms with E-state index in [-0.39, 0.29) is 29.8 Å². The zero-order valence-electron chi connectivity index (χ0n) is 13.9. The van der Waals surface area contributed by atoms with Gasteiger partial charge in [-0.3, -0.25) is 14.6 Å². The molecule has 0 aromatic carbocycles. The molecule has 8 heteroatoms. The molecule has 0 aromatic heterocycles. The highest BCUT2D eigenvalue weighted by molar-refractivity contribution is 8.01. The van der Waals surface area contributed by atoms with Gasteiger partial charge in [0.2, 0.25) is 0 Å². The summed E-state index contributed by atoms with van der Waals surface area (Å²) in [5.41, 5.74) is 0.519. The van der Waals surface area contributed by atoms with Crippen LogP contribution in [-0.4, -0.2) is 61.9 Å². The Labute approximate surface area is 139 Å². The van der Waals surface area contributed by atoms with Crippen molar-refractivity contribution in [3.63, 3.8) is 0 Å². The molecule has 2 saturated heterocycles. The summed E-state index contributed by atoms with van der Waals surface area (Å²) in [4.78, 5) is 41.0. The van der Waals surface area contributed by atoms with Crippen molar-refractivity contribution in [1.29, 1.82) is 0 Å². The second-order valence-corrected chi connectivity index (χ2v) is 8.39. The first-order valence-corrected chi connectivity index (χ1v) is 8.38. The summed E-state index contributed by atoms with van der Waals surface area (Å²) in [7, 11) is 0. The largest absolute Gasteiger partial charge is 0.480 e. The average molecular weight is 342 g/mol. The monoisotopic (exact) mass is 342 g/mol. The first kappa shape index (κ1) is 17.8. The Morgan fingerprint density at radius 3 is 2.57 bits per heavy atom. The molecule has 0 aromatic rings. The van der Waals surface area contributed by atoms with E-state index in [1.54, 1.807) is 20.8 Å². The van der Waals surface area contributed by atoms with E-state index in [0.717, 1.165) is 0 Å². The Morgan fingerprint density at radius 2 is 2.04 bits per heavy atom. The van der Waals surface area contributed by atoms with Gasteiger partial charge in [-0.2, -0.15) is 0 Å². The third kappa shape index (κ3) is 3.36. The van der Waals surface area contributed by atoms with Crippen molar-refractivity contribution in [3.8, 4) is 0 Å². The number of nitrogens with zero attached hydrogens (tertiary/aromatic N) is 2. The van der Waals surface area contributed by atoms with E-state index in [4.69, 9.17) is 4.74 Å². The van der Waals surface area contributed by atoms with E-state index < -0.39 is 22.8 Å². The number of carboxylic acid groups (broad SMARTS) is 1. The van der Waals surface area contributed by atoms with Crippen LogP contribution in [0.3, 0.4) is 0 Å². The summed E-state index contributed by atoms with van der Waals surface area (Å²) in [5, 5.41) is 9.07. The summed E-state index contributed by atoms with van der Waals surface area (Å²) in [5.74, 6) is -1.68. The molecule has 23 heavy (non-hydrogen) atoms. The fourth-order valence-electron chi connectivity index (χ4n) is 2.91. The predicted molar refractivity (Wildman–Crippen MR) is 86.5 cm³/mol. The van der Waals surface area contributed by atoms with Crippen molar-refractivity contribution in [2.45, 2.75) is 69.3 Å². The maximum atomic E-state index is 12.3. The Balaban J connectivity index is 2.07. The van der Waals surface area contributed by atoms with Crippen molar-refractivity contribution >= 4 is 35.3 Å². The number of thioether (sulfide) groups is 1. The zero-order chi connectivity index (χ0) is 17.5. The number of amides is 1. The predicted octanol–water partition coefficient (Wildman–Crippen LogP) is 1.30. The summed E-state index contributed by atoms with van der Waals surface area (Å²) in [6.07, 6.45) is -0.163. The number of hydrogen-bond donors (Lipinski definition) is 1. The Kier molecular flexibility index (Phi) is 4.75.